The molecule has 0 aliphatic carbocycles. The summed E-state index contributed by atoms with van der Waals surface area (Å²) in [5.41, 5.74) is 1.52. The summed E-state index contributed by atoms with van der Waals surface area (Å²) in [4.78, 5) is 18.5. The van der Waals surface area contributed by atoms with E-state index in [1.165, 1.54) is 0 Å². The zero-order valence-electron chi connectivity index (χ0n) is 15.6. The van der Waals surface area contributed by atoms with Crippen LogP contribution in [0.25, 0.3) is 10.9 Å². The number of aliphatic hydroxyl groups excluding tert-OH is 1. The third kappa shape index (κ3) is 2.86. The lowest BCUT2D eigenvalue weighted by Crippen LogP contribution is -2.55. The summed E-state index contributed by atoms with van der Waals surface area (Å²) in [6.07, 6.45) is 0.683. The van der Waals surface area contributed by atoms with E-state index < -0.39 is 17.5 Å². The molecule has 7 nitrogen and oxygen atoms in total. The van der Waals surface area contributed by atoms with Crippen LogP contribution in [0.15, 0.2) is 18.2 Å². The molecule has 2 aliphatic heterocycles. The van der Waals surface area contributed by atoms with Crippen molar-refractivity contribution >= 4 is 22.6 Å². The number of aromatic nitrogens is 1. The number of benzene rings is 1. The quantitative estimate of drug-likeness (QED) is 0.852. The van der Waals surface area contributed by atoms with Gasteiger partial charge in [0.1, 0.15) is 0 Å². The number of piperidine rings is 1. The normalized spacial score (nSPS) is 24.4. The number of carboxylic acids is 1. The van der Waals surface area contributed by atoms with Gasteiger partial charge in [-0.1, -0.05) is 13.3 Å². The van der Waals surface area contributed by atoms with Crippen molar-refractivity contribution in [2.45, 2.75) is 39.2 Å². The molecular formula is C20H24N2O5. The van der Waals surface area contributed by atoms with Gasteiger partial charge in [0, 0.05) is 35.9 Å². The number of carbonyl (C=O) groups is 1. The van der Waals surface area contributed by atoms with Gasteiger partial charge in [-0.2, -0.15) is 0 Å². The lowest BCUT2D eigenvalue weighted by atomic mass is 9.72. The number of hydrogen-bond donors (Lipinski definition) is 2. The first-order valence-electron chi connectivity index (χ1n) is 9.32. The number of β-amino-alcohol motifs (C(OH)–C–C–N with tert-alkyl or cyclic N) is 1. The second kappa shape index (κ2) is 6.56. The van der Waals surface area contributed by atoms with E-state index in [9.17, 15) is 15.0 Å². The van der Waals surface area contributed by atoms with E-state index in [-0.39, 0.29) is 13.3 Å². The molecule has 144 valence electrons. The molecule has 0 saturated carbocycles. The predicted molar refractivity (Wildman–Crippen MR) is 100 cm³/mol. The van der Waals surface area contributed by atoms with E-state index in [0.29, 0.717) is 30.9 Å². The number of anilines is 1. The molecule has 1 saturated heterocycles. The monoisotopic (exact) mass is 372 g/mol. The van der Waals surface area contributed by atoms with Crippen molar-refractivity contribution in [1.82, 2.24) is 4.98 Å². The van der Waals surface area contributed by atoms with E-state index >= 15 is 0 Å². The molecule has 0 spiro atoms. The fraction of sp³-hybridized carbons (Fsp3) is 0.500. The van der Waals surface area contributed by atoms with Gasteiger partial charge in [-0.25, -0.2) is 0 Å². The fourth-order valence-electron chi connectivity index (χ4n) is 4.28. The SMILES string of the molecule is CCC[C@]1(C(=O)O)CCN(c2cc(C)nc3cc4c(cc23)OCO4)C[C@@H]1O. The molecule has 0 unspecified atom stereocenters. The van der Waals surface area contributed by atoms with Crippen LogP contribution in [0.1, 0.15) is 31.9 Å². The van der Waals surface area contributed by atoms with Crippen LogP contribution >= 0.6 is 0 Å². The number of aliphatic hydroxyl groups is 1. The zero-order valence-corrected chi connectivity index (χ0v) is 15.6. The van der Waals surface area contributed by atoms with E-state index in [4.69, 9.17) is 9.47 Å². The van der Waals surface area contributed by atoms with Gasteiger partial charge in [-0.15, -0.1) is 0 Å². The molecule has 27 heavy (non-hydrogen) atoms. The van der Waals surface area contributed by atoms with Gasteiger partial charge < -0.3 is 24.6 Å². The minimum Gasteiger partial charge on any atom is -0.481 e. The van der Waals surface area contributed by atoms with Gasteiger partial charge in [0.25, 0.3) is 0 Å². The molecule has 4 rings (SSSR count). The van der Waals surface area contributed by atoms with Crippen molar-refractivity contribution in [1.29, 1.82) is 0 Å². The fourth-order valence-corrected chi connectivity index (χ4v) is 4.28. The number of fused-ring (bicyclic) bond motifs is 2. The highest BCUT2D eigenvalue weighted by Crippen LogP contribution is 2.42. The molecular weight excluding hydrogens is 348 g/mol. The van der Waals surface area contributed by atoms with Crippen LogP contribution in [-0.4, -0.2) is 47.2 Å². The molecule has 3 heterocycles. The van der Waals surface area contributed by atoms with Gasteiger partial charge in [0.15, 0.2) is 11.5 Å². The van der Waals surface area contributed by atoms with E-state index in [1.807, 2.05) is 32.0 Å². The molecule has 7 heteroatoms. The van der Waals surface area contributed by atoms with Gasteiger partial charge >= 0.3 is 5.97 Å². The van der Waals surface area contributed by atoms with Crippen LogP contribution in [0, 0.1) is 12.3 Å². The van der Waals surface area contributed by atoms with Gasteiger partial charge in [-0.05, 0) is 31.9 Å². The Balaban J connectivity index is 1.72. The average Bonchev–Trinajstić information content (AvgIpc) is 3.08. The minimum atomic E-state index is -1.07. The summed E-state index contributed by atoms with van der Waals surface area (Å²) in [7, 11) is 0. The Morgan fingerprint density at radius 1 is 1.33 bits per heavy atom. The number of pyridine rings is 1. The first kappa shape index (κ1) is 17.9. The van der Waals surface area contributed by atoms with Crippen molar-refractivity contribution in [2.75, 3.05) is 24.8 Å². The van der Waals surface area contributed by atoms with Crippen LogP contribution in [0.4, 0.5) is 5.69 Å². The van der Waals surface area contributed by atoms with Crippen molar-refractivity contribution < 1.29 is 24.5 Å². The number of ether oxygens (including phenoxy) is 2. The second-order valence-corrected chi connectivity index (χ2v) is 7.43. The second-order valence-electron chi connectivity index (χ2n) is 7.43. The van der Waals surface area contributed by atoms with Gasteiger partial charge in [0.2, 0.25) is 6.79 Å². The summed E-state index contributed by atoms with van der Waals surface area (Å²) in [6.45, 7) is 4.91. The molecule has 1 aromatic heterocycles. The van der Waals surface area contributed by atoms with Crippen molar-refractivity contribution in [2.24, 2.45) is 5.41 Å². The Kier molecular flexibility index (Phi) is 4.34. The maximum Gasteiger partial charge on any atom is 0.312 e. The van der Waals surface area contributed by atoms with Crippen LogP contribution in [0.5, 0.6) is 11.5 Å². The van der Waals surface area contributed by atoms with Crippen molar-refractivity contribution in [3.05, 3.63) is 23.9 Å². The maximum absolute atomic E-state index is 11.9. The number of rotatable bonds is 4. The summed E-state index contributed by atoms with van der Waals surface area (Å²) in [6, 6.07) is 5.76. The Labute approximate surface area is 157 Å². The van der Waals surface area contributed by atoms with Crippen LogP contribution in [-0.2, 0) is 4.79 Å². The Hall–Kier alpha value is -2.54. The molecule has 2 atom stereocenters. The van der Waals surface area contributed by atoms with Gasteiger partial charge in [0.05, 0.1) is 17.0 Å². The number of carboxylic acid groups (broad SMARTS) is 1. The lowest BCUT2D eigenvalue weighted by molar-refractivity contribution is -0.159. The first-order chi connectivity index (χ1) is 12.9. The topological polar surface area (TPSA) is 92.1 Å². The first-order valence-corrected chi connectivity index (χ1v) is 9.32. The standard InChI is InChI=1S/C20H24N2O5/c1-3-4-20(19(24)25)5-6-22(10-18(20)23)15-7-12(2)21-14-9-17-16(8-13(14)15)26-11-27-17/h7-9,18,23H,3-6,10-11H2,1-2H3,(H,24,25)/t18-,20-/m0/s1. The van der Waals surface area contributed by atoms with Crippen LogP contribution in [0.2, 0.25) is 0 Å². The summed E-state index contributed by atoms with van der Waals surface area (Å²) in [5, 5.41) is 21.4. The molecule has 0 amide bonds. The third-order valence-corrected chi connectivity index (χ3v) is 5.73. The molecule has 1 aromatic carbocycles. The van der Waals surface area contributed by atoms with E-state index in [2.05, 4.69) is 9.88 Å². The lowest BCUT2D eigenvalue weighted by Gasteiger charge is -2.44. The molecule has 1 fully saturated rings. The Bertz CT molecular complexity index is 900. The largest absolute Gasteiger partial charge is 0.481 e. The zero-order chi connectivity index (χ0) is 19.2. The number of aryl methyl sites for hydroxylation is 1. The molecule has 0 radical (unpaired) electrons. The molecule has 2 aromatic rings. The summed E-state index contributed by atoms with van der Waals surface area (Å²) < 4.78 is 10.9. The molecule has 2 N–H and O–H groups in total. The van der Waals surface area contributed by atoms with Crippen molar-refractivity contribution in [3.63, 3.8) is 0 Å². The van der Waals surface area contributed by atoms with Crippen LogP contribution < -0.4 is 14.4 Å². The highest BCUT2D eigenvalue weighted by Gasteiger charge is 2.48. The van der Waals surface area contributed by atoms with Gasteiger partial charge in [-0.3, -0.25) is 9.78 Å². The van der Waals surface area contributed by atoms with E-state index in [1.54, 1.807) is 0 Å². The Morgan fingerprint density at radius 2 is 2.07 bits per heavy atom. The summed E-state index contributed by atoms with van der Waals surface area (Å²) in [5.74, 6) is 0.450. The minimum absolute atomic E-state index is 0.195. The highest BCUT2D eigenvalue weighted by atomic mass is 16.7. The molecule has 2 aliphatic rings. The number of aliphatic carboxylic acids is 1. The molecule has 0 bridgehead atoms. The van der Waals surface area contributed by atoms with Crippen LogP contribution in [0.3, 0.4) is 0 Å². The number of nitrogens with zero attached hydrogens (tertiary/aromatic N) is 2. The van der Waals surface area contributed by atoms with E-state index in [0.717, 1.165) is 28.7 Å². The number of hydrogen-bond acceptors (Lipinski definition) is 6. The third-order valence-electron chi connectivity index (χ3n) is 5.73. The van der Waals surface area contributed by atoms with Crippen molar-refractivity contribution in [3.8, 4) is 11.5 Å². The Morgan fingerprint density at radius 3 is 2.74 bits per heavy atom. The highest BCUT2D eigenvalue weighted by molar-refractivity contribution is 5.94. The maximum atomic E-state index is 11.9. The average molecular weight is 372 g/mol. The predicted octanol–water partition coefficient (Wildman–Crippen LogP) is 2.71. The summed E-state index contributed by atoms with van der Waals surface area (Å²) >= 11 is 0. The smallest absolute Gasteiger partial charge is 0.312 e.